The van der Waals surface area contributed by atoms with Gasteiger partial charge in [-0.25, -0.2) is 0 Å². The Hall–Kier alpha value is 1.80. The van der Waals surface area contributed by atoms with E-state index in [2.05, 4.69) is 0 Å². The van der Waals surface area contributed by atoms with Gasteiger partial charge in [-0.1, -0.05) is 7.43 Å². The summed E-state index contributed by atoms with van der Waals surface area (Å²) in [6.45, 7) is 0. The van der Waals surface area contributed by atoms with Crippen LogP contribution >= 0.6 is 0 Å². The zero-order chi connectivity index (χ0) is 0. The van der Waals surface area contributed by atoms with Crippen LogP contribution < -0.4 is 0 Å². The topological polar surface area (TPSA) is 30.5 Å². The molecular formula is CH4AlNRuW. The maximum atomic E-state index is 0. The van der Waals surface area contributed by atoms with E-state index in [1.165, 1.54) is 0 Å². The summed E-state index contributed by atoms with van der Waals surface area (Å²) in [5.74, 6) is 0. The molecular weight excluding hydrogens is 338 g/mol. The molecule has 4 heteroatoms. The van der Waals surface area contributed by atoms with Gasteiger partial charge in [0.25, 0.3) is 0 Å². The Morgan fingerprint density at radius 3 is 1.00 bits per heavy atom. The summed E-state index contributed by atoms with van der Waals surface area (Å²) in [5.41, 5.74) is 0. The van der Waals surface area contributed by atoms with Crippen LogP contribution in [0.3, 0.4) is 0 Å². The van der Waals surface area contributed by atoms with Gasteiger partial charge in [-0.05, 0) is 0 Å². The molecule has 0 aromatic carbocycles. The van der Waals surface area contributed by atoms with E-state index in [1.807, 2.05) is 0 Å². The number of rotatable bonds is 0. The molecule has 0 N–H and O–H groups in total. The Kier molecular flexibility index (Phi) is 580. The van der Waals surface area contributed by atoms with Crippen LogP contribution in [0.15, 0.2) is 0 Å². The quantitative estimate of drug-likeness (QED) is 0.576. The van der Waals surface area contributed by atoms with E-state index in [4.69, 9.17) is 0 Å². The fraction of sp³-hybridized carbons (Fsp3) is 1.00. The average molecular weight is 342 g/mol. The van der Waals surface area contributed by atoms with Crippen molar-refractivity contribution in [3.8, 4) is 0 Å². The van der Waals surface area contributed by atoms with Gasteiger partial charge in [0, 0.05) is 40.5 Å². The SMILES string of the molecule is C.[Al+3].[N-3].[Ru].[W]. The van der Waals surface area contributed by atoms with E-state index in [0.717, 1.165) is 0 Å². The van der Waals surface area contributed by atoms with Crippen molar-refractivity contribution in [2.24, 2.45) is 0 Å². The van der Waals surface area contributed by atoms with Gasteiger partial charge in [0.05, 0.1) is 0 Å². The first-order valence-corrected chi connectivity index (χ1v) is 0. The Labute approximate surface area is 71.0 Å². The summed E-state index contributed by atoms with van der Waals surface area (Å²) in [6, 6.07) is 0. The van der Waals surface area contributed by atoms with E-state index in [9.17, 15) is 0 Å². The molecule has 0 amide bonds. The van der Waals surface area contributed by atoms with Crippen molar-refractivity contribution >= 4 is 17.4 Å². The summed E-state index contributed by atoms with van der Waals surface area (Å²) in [5, 5.41) is 0. The molecule has 1 nitrogen and oxygen atoms in total. The Morgan fingerprint density at radius 2 is 1.00 bits per heavy atom. The predicted molar refractivity (Wildman–Crippen MR) is 15.8 cm³/mol. The molecule has 0 aromatic heterocycles. The van der Waals surface area contributed by atoms with Crippen LogP contribution in [0.5, 0.6) is 0 Å². The van der Waals surface area contributed by atoms with Gasteiger partial charge >= 0.3 is 17.4 Å². The summed E-state index contributed by atoms with van der Waals surface area (Å²) in [4.78, 5) is 0. The van der Waals surface area contributed by atoms with Crippen LogP contribution in [-0.4, -0.2) is 17.4 Å². The first-order valence-electron chi connectivity index (χ1n) is 0. The largest absolute Gasteiger partial charge is 3.00 e. The third kappa shape index (κ3) is 25.8. The number of hydrogen-bond acceptors (Lipinski definition) is 0. The zero-order valence-corrected chi connectivity index (χ0v) is 7.61. The molecule has 0 spiro atoms. The van der Waals surface area contributed by atoms with Crippen LogP contribution in [0, 0.1) is 0 Å². The second kappa shape index (κ2) is 41.2. The molecule has 0 unspecified atom stereocenters. The second-order valence-electron chi connectivity index (χ2n) is 0. The first kappa shape index (κ1) is 70.4. The smallest absolute Gasteiger partial charge is 3.00 e. The minimum atomic E-state index is 0. The van der Waals surface area contributed by atoms with Gasteiger partial charge in [-0.2, -0.15) is 0 Å². The molecule has 0 aliphatic rings. The molecule has 0 bridgehead atoms. The van der Waals surface area contributed by atoms with E-state index in [1.54, 1.807) is 0 Å². The van der Waals surface area contributed by atoms with Crippen LogP contribution in [0.4, 0.5) is 0 Å². The van der Waals surface area contributed by atoms with E-state index < -0.39 is 0 Å². The first-order chi connectivity index (χ1) is 0. The molecule has 0 aliphatic carbocycles. The minimum absolute atomic E-state index is 0. The van der Waals surface area contributed by atoms with Crippen molar-refractivity contribution in [3.05, 3.63) is 6.15 Å². The monoisotopic (exact) mass is 343 g/mol. The third-order valence-electron chi connectivity index (χ3n) is 0. The van der Waals surface area contributed by atoms with E-state index in [-0.39, 0.29) is 71.5 Å². The summed E-state index contributed by atoms with van der Waals surface area (Å²) < 4.78 is 0. The fourth-order valence-corrected chi connectivity index (χ4v) is 0. The van der Waals surface area contributed by atoms with Crippen molar-refractivity contribution in [2.75, 3.05) is 0 Å². The van der Waals surface area contributed by atoms with Crippen LogP contribution in [0.1, 0.15) is 7.43 Å². The summed E-state index contributed by atoms with van der Waals surface area (Å²) in [7, 11) is 0. The maximum absolute atomic E-state index is 0. The number of hydrogen-bond donors (Lipinski definition) is 0. The molecule has 0 aliphatic heterocycles. The van der Waals surface area contributed by atoms with Crippen molar-refractivity contribution in [1.29, 1.82) is 0 Å². The average Bonchev–Trinajstić information content (AvgIpc) is 0. The zero-order valence-electron chi connectivity index (χ0n) is 1.79. The van der Waals surface area contributed by atoms with Crippen molar-refractivity contribution in [1.82, 2.24) is 0 Å². The van der Waals surface area contributed by atoms with Crippen LogP contribution in [-0.2, 0) is 40.5 Å². The Balaban J connectivity index is 0. The van der Waals surface area contributed by atoms with Gasteiger partial charge in [-0.3, -0.25) is 0 Å². The molecule has 0 atom stereocenters. The van der Waals surface area contributed by atoms with E-state index in [0.29, 0.717) is 0 Å². The van der Waals surface area contributed by atoms with Crippen molar-refractivity contribution < 1.29 is 40.5 Å². The minimum Gasteiger partial charge on any atom is -3.00 e. The van der Waals surface area contributed by atoms with Crippen LogP contribution in [0.25, 0.3) is 6.15 Å². The molecule has 0 aromatic rings. The van der Waals surface area contributed by atoms with Gasteiger partial charge in [0.2, 0.25) is 0 Å². The van der Waals surface area contributed by atoms with Crippen molar-refractivity contribution in [3.63, 3.8) is 0 Å². The molecule has 0 saturated carbocycles. The molecule has 0 saturated heterocycles. The Morgan fingerprint density at radius 1 is 1.00 bits per heavy atom. The van der Waals surface area contributed by atoms with Gasteiger partial charge in [0.1, 0.15) is 0 Å². The standard InChI is InChI=1S/CH4.Al.N.Ru.W/h1H4;;;;/q;+3;-3;;. The molecule has 0 heterocycles. The maximum Gasteiger partial charge on any atom is 3.00 e. The van der Waals surface area contributed by atoms with Gasteiger partial charge in [-0.15, -0.1) is 0 Å². The predicted octanol–water partition coefficient (Wildman–Crippen LogP) is 0.539. The van der Waals surface area contributed by atoms with E-state index >= 15 is 0 Å². The Bertz CT molecular complexity index is 11.6. The normalized spacial score (nSPS) is 0. The second-order valence-corrected chi connectivity index (χ2v) is 0. The van der Waals surface area contributed by atoms with Crippen LogP contribution in [0.2, 0.25) is 0 Å². The van der Waals surface area contributed by atoms with Gasteiger partial charge < -0.3 is 6.15 Å². The van der Waals surface area contributed by atoms with Crippen molar-refractivity contribution in [2.45, 2.75) is 7.43 Å². The summed E-state index contributed by atoms with van der Waals surface area (Å²) in [6.07, 6.45) is 0. The molecule has 30 valence electrons. The molecule has 0 fully saturated rings. The fourth-order valence-electron chi connectivity index (χ4n) is 0. The third-order valence-corrected chi connectivity index (χ3v) is 0. The molecule has 0 rings (SSSR count). The number of nitrogens with zero attached hydrogens (tertiary/aromatic N) is 1. The molecule has 5 heavy (non-hydrogen) atoms. The molecule has 0 radical (unpaired) electrons. The van der Waals surface area contributed by atoms with Gasteiger partial charge in [0.15, 0.2) is 0 Å². The summed E-state index contributed by atoms with van der Waals surface area (Å²) >= 11 is 0.